The summed E-state index contributed by atoms with van der Waals surface area (Å²) < 4.78 is 0. The van der Waals surface area contributed by atoms with Gasteiger partial charge in [-0.05, 0) is 37.5 Å². The summed E-state index contributed by atoms with van der Waals surface area (Å²) >= 11 is 0. The molecule has 0 aliphatic heterocycles. The molecule has 1 aliphatic carbocycles. The third-order valence-corrected chi connectivity index (χ3v) is 4.35. The summed E-state index contributed by atoms with van der Waals surface area (Å²) in [4.78, 5) is 14.6. The first kappa shape index (κ1) is 14.1. The summed E-state index contributed by atoms with van der Waals surface area (Å²) in [6.07, 6.45) is 5.31. The van der Waals surface area contributed by atoms with Gasteiger partial charge in [-0.25, -0.2) is 0 Å². The van der Waals surface area contributed by atoms with Gasteiger partial charge in [0.15, 0.2) is 0 Å². The smallest absolute Gasteiger partial charge is 0.234 e. The summed E-state index contributed by atoms with van der Waals surface area (Å²) in [6.45, 7) is 2.50. The van der Waals surface area contributed by atoms with Crippen molar-refractivity contribution < 1.29 is 4.79 Å². The Kier molecular flexibility index (Phi) is 4.25. The average molecular weight is 260 g/mol. The van der Waals surface area contributed by atoms with Crippen molar-refractivity contribution in [3.8, 4) is 0 Å². The molecule has 1 aromatic carbocycles. The quantitative estimate of drug-likeness (QED) is 0.908. The van der Waals surface area contributed by atoms with Crippen LogP contribution in [0.25, 0.3) is 0 Å². The maximum absolute atomic E-state index is 12.8. The molecule has 19 heavy (non-hydrogen) atoms. The maximum Gasteiger partial charge on any atom is 0.234 e. The Morgan fingerprint density at radius 2 is 2.00 bits per heavy atom. The van der Waals surface area contributed by atoms with Crippen LogP contribution in [-0.2, 0) is 4.79 Å². The van der Waals surface area contributed by atoms with Gasteiger partial charge in [-0.1, -0.05) is 31.4 Å². The molecule has 3 nitrogen and oxygen atoms in total. The molecule has 0 spiro atoms. The zero-order valence-electron chi connectivity index (χ0n) is 12.0. The van der Waals surface area contributed by atoms with Gasteiger partial charge in [-0.3, -0.25) is 4.79 Å². The highest BCUT2D eigenvalue weighted by atomic mass is 16.2. The van der Waals surface area contributed by atoms with Crippen LogP contribution in [0, 0.1) is 12.3 Å². The van der Waals surface area contributed by atoms with Crippen molar-refractivity contribution >= 4 is 11.6 Å². The minimum atomic E-state index is -0.337. The number of nitrogens with two attached hydrogens (primary N) is 1. The molecule has 1 aliphatic rings. The third kappa shape index (κ3) is 2.81. The molecule has 2 N–H and O–H groups in total. The molecular formula is C16H24N2O. The monoisotopic (exact) mass is 260 g/mol. The number of amides is 1. The van der Waals surface area contributed by atoms with Gasteiger partial charge in [0.2, 0.25) is 5.91 Å². The van der Waals surface area contributed by atoms with Gasteiger partial charge in [-0.15, -0.1) is 0 Å². The fraction of sp³-hybridized carbons (Fsp3) is 0.562. The number of hydrogen-bond acceptors (Lipinski definition) is 2. The highest BCUT2D eigenvalue weighted by molar-refractivity contribution is 5.97. The molecule has 0 aromatic heterocycles. The van der Waals surface area contributed by atoms with Crippen LogP contribution in [0.3, 0.4) is 0 Å². The standard InChI is InChI=1S/C16H24N2O/c1-13-7-6-8-14(11-13)18(2)15(19)16(12-17)9-4-3-5-10-16/h6-8,11H,3-5,9-10,12,17H2,1-2H3. The average Bonchev–Trinajstić information content (AvgIpc) is 2.46. The van der Waals surface area contributed by atoms with E-state index < -0.39 is 0 Å². The predicted octanol–water partition coefficient (Wildman–Crippen LogP) is 2.87. The van der Waals surface area contributed by atoms with Gasteiger partial charge in [0.1, 0.15) is 0 Å². The lowest BCUT2D eigenvalue weighted by molar-refractivity contribution is -0.129. The second kappa shape index (κ2) is 5.74. The van der Waals surface area contributed by atoms with E-state index in [2.05, 4.69) is 0 Å². The van der Waals surface area contributed by atoms with Gasteiger partial charge in [0.25, 0.3) is 0 Å². The lowest BCUT2D eigenvalue weighted by Crippen LogP contribution is -2.48. The van der Waals surface area contributed by atoms with Crippen molar-refractivity contribution in [2.24, 2.45) is 11.1 Å². The molecule has 104 valence electrons. The number of hydrogen-bond donors (Lipinski definition) is 1. The van der Waals surface area contributed by atoms with E-state index in [1.54, 1.807) is 4.90 Å². The fourth-order valence-electron chi connectivity index (χ4n) is 3.04. The summed E-state index contributed by atoms with van der Waals surface area (Å²) in [5.74, 6) is 0.181. The SMILES string of the molecule is Cc1cccc(N(C)C(=O)C2(CN)CCCCC2)c1. The van der Waals surface area contributed by atoms with Crippen LogP contribution < -0.4 is 10.6 Å². The largest absolute Gasteiger partial charge is 0.329 e. The van der Waals surface area contributed by atoms with Crippen molar-refractivity contribution in [2.45, 2.75) is 39.0 Å². The van der Waals surface area contributed by atoms with E-state index in [0.29, 0.717) is 6.54 Å². The Morgan fingerprint density at radius 1 is 1.32 bits per heavy atom. The number of anilines is 1. The van der Waals surface area contributed by atoms with Crippen LogP contribution in [0.2, 0.25) is 0 Å². The van der Waals surface area contributed by atoms with E-state index >= 15 is 0 Å². The number of benzene rings is 1. The summed E-state index contributed by atoms with van der Waals surface area (Å²) in [5.41, 5.74) is 7.73. The zero-order chi connectivity index (χ0) is 13.9. The maximum atomic E-state index is 12.8. The molecule has 0 saturated heterocycles. The highest BCUT2D eigenvalue weighted by Gasteiger charge is 2.40. The Balaban J connectivity index is 2.22. The minimum absolute atomic E-state index is 0.181. The number of aryl methyl sites for hydroxylation is 1. The molecule has 1 aromatic rings. The van der Waals surface area contributed by atoms with Crippen LogP contribution in [0.4, 0.5) is 5.69 Å². The van der Waals surface area contributed by atoms with E-state index in [0.717, 1.165) is 31.4 Å². The van der Waals surface area contributed by atoms with E-state index in [-0.39, 0.29) is 11.3 Å². The van der Waals surface area contributed by atoms with Crippen LogP contribution >= 0.6 is 0 Å². The Labute approximate surface area is 115 Å². The van der Waals surface area contributed by atoms with Gasteiger partial charge < -0.3 is 10.6 Å². The van der Waals surface area contributed by atoms with Crippen molar-refractivity contribution in [3.05, 3.63) is 29.8 Å². The Bertz CT molecular complexity index is 450. The first-order valence-electron chi connectivity index (χ1n) is 7.14. The van der Waals surface area contributed by atoms with Gasteiger partial charge in [0, 0.05) is 19.3 Å². The van der Waals surface area contributed by atoms with E-state index in [4.69, 9.17) is 5.73 Å². The molecule has 0 bridgehead atoms. The molecule has 1 saturated carbocycles. The Morgan fingerprint density at radius 3 is 2.58 bits per heavy atom. The second-order valence-corrected chi connectivity index (χ2v) is 5.75. The number of rotatable bonds is 3. The highest BCUT2D eigenvalue weighted by Crippen LogP contribution is 2.37. The lowest BCUT2D eigenvalue weighted by atomic mass is 9.73. The van der Waals surface area contributed by atoms with E-state index in [1.165, 1.54) is 12.0 Å². The second-order valence-electron chi connectivity index (χ2n) is 5.75. The Hall–Kier alpha value is -1.35. The molecule has 0 heterocycles. The third-order valence-electron chi connectivity index (χ3n) is 4.35. The van der Waals surface area contributed by atoms with Crippen LogP contribution in [-0.4, -0.2) is 19.5 Å². The molecule has 2 rings (SSSR count). The summed E-state index contributed by atoms with van der Waals surface area (Å²) in [5, 5.41) is 0. The van der Waals surface area contributed by atoms with Crippen molar-refractivity contribution in [2.75, 3.05) is 18.5 Å². The zero-order valence-corrected chi connectivity index (χ0v) is 12.0. The van der Waals surface area contributed by atoms with Gasteiger partial charge >= 0.3 is 0 Å². The minimum Gasteiger partial charge on any atom is -0.329 e. The first-order valence-corrected chi connectivity index (χ1v) is 7.14. The van der Waals surface area contributed by atoms with Crippen molar-refractivity contribution in [3.63, 3.8) is 0 Å². The number of carbonyl (C=O) groups is 1. The van der Waals surface area contributed by atoms with Gasteiger partial charge in [-0.2, -0.15) is 0 Å². The first-order chi connectivity index (χ1) is 9.09. The molecule has 1 amide bonds. The lowest BCUT2D eigenvalue weighted by Gasteiger charge is -2.37. The van der Waals surface area contributed by atoms with Crippen LogP contribution in [0.15, 0.2) is 24.3 Å². The summed E-state index contributed by atoms with van der Waals surface area (Å²) in [6, 6.07) is 8.06. The van der Waals surface area contributed by atoms with E-state index in [9.17, 15) is 4.79 Å². The molecule has 0 atom stereocenters. The normalized spacial score (nSPS) is 18.1. The van der Waals surface area contributed by atoms with Crippen LogP contribution in [0.1, 0.15) is 37.7 Å². The predicted molar refractivity (Wildman–Crippen MR) is 79.2 cm³/mol. The van der Waals surface area contributed by atoms with Gasteiger partial charge in [0.05, 0.1) is 5.41 Å². The molecule has 0 unspecified atom stereocenters. The number of nitrogens with zero attached hydrogens (tertiary/aromatic N) is 1. The summed E-state index contributed by atoms with van der Waals surface area (Å²) in [7, 11) is 1.86. The van der Waals surface area contributed by atoms with Crippen molar-refractivity contribution in [1.82, 2.24) is 0 Å². The molecule has 0 radical (unpaired) electrons. The number of carbonyl (C=O) groups excluding carboxylic acids is 1. The topological polar surface area (TPSA) is 46.3 Å². The van der Waals surface area contributed by atoms with Crippen molar-refractivity contribution in [1.29, 1.82) is 0 Å². The molecule has 1 fully saturated rings. The van der Waals surface area contributed by atoms with Crippen LogP contribution in [0.5, 0.6) is 0 Å². The molecule has 3 heteroatoms. The molecular weight excluding hydrogens is 236 g/mol. The van der Waals surface area contributed by atoms with E-state index in [1.807, 2.05) is 38.2 Å². The fourth-order valence-corrected chi connectivity index (χ4v) is 3.04.